The lowest BCUT2D eigenvalue weighted by atomic mass is 10.1. The zero-order valence-corrected chi connectivity index (χ0v) is 15.2. The summed E-state index contributed by atoms with van der Waals surface area (Å²) in [6.45, 7) is 8.21. The summed E-state index contributed by atoms with van der Waals surface area (Å²) in [4.78, 5) is 4.99. The third-order valence-corrected chi connectivity index (χ3v) is 3.53. The Kier molecular flexibility index (Phi) is 8.71. The Morgan fingerprint density at radius 2 is 2.00 bits per heavy atom. The van der Waals surface area contributed by atoms with Gasteiger partial charge in [0.15, 0.2) is 5.96 Å². The van der Waals surface area contributed by atoms with Crippen LogP contribution in [0.5, 0.6) is 0 Å². The summed E-state index contributed by atoms with van der Waals surface area (Å²) in [5.74, 6) is 0.402. The molecule has 0 saturated carbocycles. The number of benzene rings is 1. The first kappa shape index (κ1) is 19.1. The minimum atomic E-state index is -0.948. The van der Waals surface area contributed by atoms with Gasteiger partial charge in [0.2, 0.25) is 0 Å². The highest BCUT2D eigenvalue weighted by Crippen LogP contribution is 2.14. The molecule has 0 fully saturated rings. The first-order chi connectivity index (χ1) is 8.90. The Hall–Kier alpha value is -0.890. The Balaban J connectivity index is 0.00000361. The van der Waals surface area contributed by atoms with Gasteiger partial charge in [-0.05, 0) is 31.5 Å². The highest BCUT2D eigenvalue weighted by molar-refractivity contribution is 14.0. The first-order valence-electron chi connectivity index (χ1n) is 6.04. The van der Waals surface area contributed by atoms with Crippen LogP contribution in [0.25, 0.3) is 0 Å². The van der Waals surface area contributed by atoms with Gasteiger partial charge < -0.3 is 11.1 Å². The molecule has 0 radical (unpaired) electrons. The van der Waals surface area contributed by atoms with Gasteiger partial charge in [-0.15, -0.1) is 24.0 Å². The van der Waals surface area contributed by atoms with Crippen LogP contribution in [-0.2, 0) is 10.8 Å². The summed E-state index contributed by atoms with van der Waals surface area (Å²) >= 11 is 0. The molecule has 2 unspecified atom stereocenters. The zero-order chi connectivity index (χ0) is 14.4. The van der Waals surface area contributed by atoms with Crippen molar-refractivity contribution in [3.05, 3.63) is 42.0 Å². The standard InChI is InChI=1S/C14H21N3OS.HI/c1-10(2)9-16-14(15)17-11(3)12-5-7-13(8-6-12)19(4)18;/h5-8,11H,1,9H2,2-4H3,(H3,15,16,17);1H. The summed E-state index contributed by atoms with van der Waals surface area (Å²) in [7, 11) is -0.948. The van der Waals surface area contributed by atoms with Gasteiger partial charge >= 0.3 is 0 Å². The minimum absolute atomic E-state index is 0. The van der Waals surface area contributed by atoms with Crippen LogP contribution < -0.4 is 11.1 Å². The molecule has 112 valence electrons. The van der Waals surface area contributed by atoms with Crippen molar-refractivity contribution in [3.63, 3.8) is 0 Å². The van der Waals surface area contributed by atoms with E-state index in [1.807, 2.05) is 38.1 Å². The lowest BCUT2D eigenvalue weighted by molar-refractivity contribution is 0.686. The molecule has 0 heterocycles. The zero-order valence-electron chi connectivity index (χ0n) is 12.1. The highest BCUT2D eigenvalue weighted by Gasteiger charge is 2.06. The highest BCUT2D eigenvalue weighted by atomic mass is 127. The van der Waals surface area contributed by atoms with Crippen molar-refractivity contribution in [2.75, 3.05) is 12.8 Å². The molecule has 3 N–H and O–H groups in total. The van der Waals surface area contributed by atoms with Gasteiger partial charge in [0.1, 0.15) is 0 Å². The number of aliphatic imine (C=N–C) groups is 1. The summed E-state index contributed by atoms with van der Waals surface area (Å²) in [5.41, 5.74) is 7.82. The van der Waals surface area contributed by atoms with E-state index < -0.39 is 10.8 Å². The Morgan fingerprint density at radius 3 is 2.45 bits per heavy atom. The topological polar surface area (TPSA) is 67.5 Å². The molecule has 20 heavy (non-hydrogen) atoms. The monoisotopic (exact) mass is 407 g/mol. The number of rotatable bonds is 5. The van der Waals surface area contributed by atoms with Crippen LogP contribution in [0.15, 0.2) is 46.3 Å². The van der Waals surface area contributed by atoms with Crippen molar-refractivity contribution in [1.82, 2.24) is 5.32 Å². The molecule has 1 aromatic rings. The molecule has 0 aliphatic rings. The first-order valence-corrected chi connectivity index (χ1v) is 7.60. The molecule has 6 heteroatoms. The molecule has 0 bridgehead atoms. The maximum Gasteiger partial charge on any atom is 0.189 e. The molecule has 4 nitrogen and oxygen atoms in total. The van der Waals surface area contributed by atoms with E-state index in [0.717, 1.165) is 16.0 Å². The number of hydrogen-bond acceptors (Lipinski definition) is 2. The fraction of sp³-hybridized carbons (Fsp3) is 0.357. The van der Waals surface area contributed by atoms with Crippen LogP contribution in [0.1, 0.15) is 25.5 Å². The molecular weight excluding hydrogens is 385 g/mol. The Bertz CT molecular complexity index is 500. The third kappa shape index (κ3) is 6.51. The number of hydrogen-bond donors (Lipinski definition) is 2. The van der Waals surface area contributed by atoms with E-state index in [2.05, 4.69) is 16.9 Å². The van der Waals surface area contributed by atoms with Crippen LogP contribution in [-0.4, -0.2) is 23.0 Å². The van der Waals surface area contributed by atoms with Gasteiger partial charge in [0.25, 0.3) is 0 Å². The predicted octanol–water partition coefficient (Wildman–Crippen LogP) is 2.58. The number of nitrogens with one attached hydrogen (secondary N) is 1. The van der Waals surface area contributed by atoms with E-state index in [9.17, 15) is 4.21 Å². The van der Waals surface area contributed by atoms with Gasteiger partial charge in [0, 0.05) is 22.0 Å². The van der Waals surface area contributed by atoms with Crippen molar-refractivity contribution >= 4 is 40.7 Å². The molecule has 0 aromatic heterocycles. The fourth-order valence-electron chi connectivity index (χ4n) is 1.52. The number of halogens is 1. The van der Waals surface area contributed by atoms with E-state index in [-0.39, 0.29) is 30.0 Å². The van der Waals surface area contributed by atoms with Crippen LogP contribution in [0.4, 0.5) is 0 Å². The van der Waals surface area contributed by atoms with E-state index >= 15 is 0 Å². The molecule has 0 aliphatic carbocycles. The van der Waals surface area contributed by atoms with E-state index in [1.54, 1.807) is 6.26 Å². The summed E-state index contributed by atoms with van der Waals surface area (Å²) in [6.07, 6.45) is 1.67. The smallest absolute Gasteiger partial charge is 0.189 e. The van der Waals surface area contributed by atoms with Crippen LogP contribution in [0.2, 0.25) is 0 Å². The van der Waals surface area contributed by atoms with Crippen molar-refractivity contribution in [3.8, 4) is 0 Å². The van der Waals surface area contributed by atoms with Crippen LogP contribution in [0.3, 0.4) is 0 Å². The molecule has 0 saturated heterocycles. The quantitative estimate of drug-likeness (QED) is 0.341. The van der Waals surface area contributed by atoms with E-state index in [0.29, 0.717) is 12.5 Å². The number of nitrogens with two attached hydrogens (primary N) is 1. The molecule has 1 aromatic carbocycles. The van der Waals surface area contributed by atoms with Crippen LogP contribution >= 0.6 is 24.0 Å². The van der Waals surface area contributed by atoms with Gasteiger partial charge in [-0.25, -0.2) is 4.99 Å². The second-order valence-corrected chi connectivity index (χ2v) is 5.93. The van der Waals surface area contributed by atoms with Gasteiger partial charge in [0.05, 0.1) is 12.6 Å². The van der Waals surface area contributed by atoms with Gasteiger partial charge in [-0.2, -0.15) is 0 Å². The summed E-state index contributed by atoms with van der Waals surface area (Å²) < 4.78 is 11.3. The Morgan fingerprint density at radius 1 is 1.45 bits per heavy atom. The molecule has 0 amide bonds. The fourth-order valence-corrected chi connectivity index (χ4v) is 2.04. The normalized spacial score (nSPS) is 14.1. The van der Waals surface area contributed by atoms with Crippen LogP contribution in [0, 0.1) is 0 Å². The second-order valence-electron chi connectivity index (χ2n) is 4.55. The van der Waals surface area contributed by atoms with E-state index in [1.165, 1.54) is 0 Å². The largest absolute Gasteiger partial charge is 0.370 e. The van der Waals surface area contributed by atoms with Gasteiger partial charge in [-0.1, -0.05) is 24.3 Å². The predicted molar refractivity (Wildman–Crippen MR) is 97.0 cm³/mol. The average Bonchev–Trinajstić information content (AvgIpc) is 2.36. The molecule has 2 atom stereocenters. The maximum absolute atomic E-state index is 11.3. The average molecular weight is 407 g/mol. The summed E-state index contributed by atoms with van der Waals surface area (Å²) in [5, 5.41) is 3.11. The minimum Gasteiger partial charge on any atom is -0.370 e. The SMILES string of the molecule is C=C(C)CN=C(N)NC(C)c1ccc(S(C)=O)cc1.I. The van der Waals surface area contributed by atoms with Crippen molar-refractivity contribution in [2.24, 2.45) is 10.7 Å². The summed E-state index contributed by atoms with van der Waals surface area (Å²) in [6, 6.07) is 7.67. The maximum atomic E-state index is 11.3. The molecular formula is C14H22IN3OS. The number of guanidine groups is 1. The molecule has 1 rings (SSSR count). The third-order valence-electron chi connectivity index (χ3n) is 2.60. The second kappa shape index (κ2) is 9.12. The Labute approximate surface area is 140 Å². The van der Waals surface area contributed by atoms with Gasteiger partial charge in [-0.3, -0.25) is 4.21 Å². The van der Waals surface area contributed by atoms with Crippen molar-refractivity contribution < 1.29 is 4.21 Å². The molecule has 0 spiro atoms. The lowest BCUT2D eigenvalue weighted by Gasteiger charge is -2.15. The number of nitrogens with zero attached hydrogens (tertiary/aromatic N) is 1. The van der Waals surface area contributed by atoms with E-state index in [4.69, 9.17) is 5.73 Å². The van der Waals surface area contributed by atoms with Crippen molar-refractivity contribution in [1.29, 1.82) is 0 Å². The van der Waals surface area contributed by atoms with Crippen molar-refractivity contribution in [2.45, 2.75) is 24.8 Å². The molecule has 0 aliphatic heterocycles. The lowest BCUT2D eigenvalue weighted by Crippen LogP contribution is -2.34.